The van der Waals surface area contributed by atoms with Gasteiger partial charge < -0.3 is 10.1 Å². The topological polar surface area (TPSA) is 73.2 Å². The summed E-state index contributed by atoms with van der Waals surface area (Å²) in [6.45, 7) is 8.19. The fourth-order valence-electron chi connectivity index (χ4n) is 1.97. The van der Waals surface area contributed by atoms with Gasteiger partial charge in [-0.05, 0) is 13.8 Å². The second-order valence-corrected chi connectivity index (χ2v) is 7.25. The van der Waals surface area contributed by atoms with E-state index >= 15 is 0 Å². The Balaban J connectivity index is 2.66. The van der Waals surface area contributed by atoms with E-state index < -0.39 is 9.84 Å². The Hall–Kier alpha value is -0.920. The van der Waals surface area contributed by atoms with Gasteiger partial charge in [0.15, 0.2) is 9.84 Å². The minimum absolute atomic E-state index is 0.141. The molecule has 0 aromatic carbocycles. The van der Waals surface area contributed by atoms with Crippen LogP contribution in [0.5, 0.6) is 0 Å². The van der Waals surface area contributed by atoms with E-state index in [4.69, 9.17) is 4.74 Å². The van der Waals surface area contributed by atoms with Gasteiger partial charge in [0.05, 0.1) is 24.6 Å². The third-order valence-electron chi connectivity index (χ3n) is 3.37. The molecule has 0 spiro atoms. The lowest BCUT2D eigenvalue weighted by Gasteiger charge is -2.07. The summed E-state index contributed by atoms with van der Waals surface area (Å²) >= 11 is 0. The average molecular weight is 303 g/mol. The first-order valence-electron chi connectivity index (χ1n) is 6.84. The minimum atomic E-state index is -2.96. The van der Waals surface area contributed by atoms with Crippen molar-refractivity contribution < 1.29 is 13.2 Å². The number of nitrogens with zero attached hydrogens (tertiary/aromatic N) is 2. The first-order chi connectivity index (χ1) is 9.41. The molecule has 0 aliphatic rings. The molecule has 1 aromatic rings. The van der Waals surface area contributed by atoms with Crippen LogP contribution in [-0.4, -0.2) is 50.0 Å². The quantitative estimate of drug-likeness (QED) is 0.679. The van der Waals surface area contributed by atoms with Crippen LogP contribution in [0.4, 0.5) is 0 Å². The highest BCUT2D eigenvalue weighted by molar-refractivity contribution is 7.91. The summed E-state index contributed by atoms with van der Waals surface area (Å²) < 4.78 is 29.9. The van der Waals surface area contributed by atoms with E-state index in [0.717, 1.165) is 30.0 Å². The predicted octanol–water partition coefficient (Wildman–Crippen LogP) is 0.671. The van der Waals surface area contributed by atoms with Crippen LogP contribution in [0.2, 0.25) is 0 Å². The van der Waals surface area contributed by atoms with Crippen molar-refractivity contribution in [2.24, 2.45) is 0 Å². The van der Waals surface area contributed by atoms with Crippen molar-refractivity contribution in [1.82, 2.24) is 15.1 Å². The molecule has 1 aromatic heterocycles. The van der Waals surface area contributed by atoms with Crippen LogP contribution in [0.25, 0.3) is 0 Å². The zero-order valence-electron chi connectivity index (χ0n) is 12.8. The molecule has 6 nitrogen and oxygen atoms in total. The monoisotopic (exact) mass is 303 g/mol. The van der Waals surface area contributed by atoms with Gasteiger partial charge >= 0.3 is 0 Å². The van der Waals surface area contributed by atoms with Gasteiger partial charge in [0, 0.05) is 37.2 Å². The molecule has 1 rings (SSSR count). The van der Waals surface area contributed by atoms with Gasteiger partial charge in [0.2, 0.25) is 0 Å². The van der Waals surface area contributed by atoms with Gasteiger partial charge in [0.1, 0.15) is 0 Å². The van der Waals surface area contributed by atoms with Crippen LogP contribution in [-0.2, 0) is 27.7 Å². The Bertz CT molecular complexity index is 523. The fraction of sp³-hybridized carbons (Fsp3) is 0.769. The van der Waals surface area contributed by atoms with Crippen LogP contribution in [0.3, 0.4) is 0 Å². The number of ether oxygens (including phenoxy) is 1. The third-order valence-corrected chi connectivity index (χ3v) is 5.05. The Labute approximate surface area is 121 Å². The number of hydrogen-bond donors (Lipinski definition) is 1. The predicted molar refractivity (Wildman–Crippen MR) is 79.6 cm³/mol. The van der Waals surface area contributed by atoms with E-state index in [2.05, 4.69) is 10.4 Å². The summed E-state index contributed by atoms with van der Waals surface area (Å²) in [5.41, 5.74) is 3.11. The summed E-state index contributed by atoms with van der Waals surface area (Å²) in [7, 11) is -1.28. The van der Waals surface area contributed by atoms with Crippen molar-refractivity contribution in [3.8, 4) is 0 Å². The Morgan fingerprint density at radius 3 is 2.65 bits per heavy atom. The number of aromatic nitrogens is 2. The molecule has 1 N–H and O–H groups in total. The number of sulfone groups is 1. The van der Waals surface area contributed by atoms with Crippen LogP contribution in [0.15, 0.2) is 0 Å². The number of aryl methyl sites for hydroxylation is 2. The lowest BCUT2D eigenvalue weighted by molar-refractivity contribution is 0.199. The third kappa shape index (κ3) is 4.88. The molecule has 0 saturated carbocycles. The molecule has 0 aliphatic carbocycles. The maximum atomic E-state index is 11.6. The van der Waals surface area contributed by atoms with E-state index in [1.165, 1.54) is 0 Å². The number of hydrogen-bond acceptors (Lipinski definition) is 5. The number of nitrogens with one attached hydrogen (secondary N) is 1. The standard InChI is InChI=1S/C13H25N3O3S/c1-5-20(17,18)9-7-16-12(3)13(11(2)15-16)10-14-6-8-19-4/h14H,5-10H2,1-4H3. The average Bonchev–Trinajstić information content (AvgIpc) is 2.68. The Kier molecular flexibility index (Phi) is 6.64. The molecule has 7 heteroatoms. The van der Waals surface area contributed by atoms with E-state index in [0.29, 0.717) is 13.2 Å². The smallest absolute Gasteiger partial charge is 0.151 e. The van der Waals surface area contributed by atoms with Gasteiger partial charge in [-0.2, -0.15) is 5.10 Å². The lowest BCUT2D eigenvalue weighted by Crippen LogP contribution is -2.19. The molecule has 1 heterocycles. The molecule has 0 atom stereocenters. The SMILES string of the molecule is CCS(=O)(=O)CCn1nc(C)c(CNCCOC)c1C. The van der Waals surface area contributed by atoms with Gasteiger partial charge in [-0.3, -0.25) is 4.68 Å². The number of rotatable bonds is 9. The Morgan fingerprint density at radius 2 is 2.05 bits per heavy atom. The number of methoxy groups -OCH3 is 1. The molecule has 0 bridgehead atoms. The summed E-state index contributed by atoms with van der Waals surface area (Å²) in [5.74, 6) is 0.319. The van der Waals surface area contributed by atoms with Crippen LogP contribution in [0.1, 0.15) is 23.9 Å². The zero-order valence-corrected chi connectivity index (χ0v) is 13.6. The molecular weight excluding hydrogens is 278 g/mol. The van der Waals surface area contributed by atoms with Crippen LogP contribution in [0, 0.1) is 13.8 Å². The fourth-order valence-corrected chi connectivity index (χ4v) is 2.70. The first kappa shape index (κ1) is 17.1. The second-order valence-electron chi connectivity index (χ2n) is 4.78. The van der Waals surface area contributed by atoms with E-state index in [9.17, 15) is 8.42 Å². The molecule has 0 unspecified atom stereocenters. The highest BCUT2D eigenvalue weighted by Crippen LogP contribution is 2.13. The normalized spacial score (nSPS) is 12.0. The van der Waals surface area contributed by atoms with Crippen molar-refractivity contribution in [2.75, 3.05) is 31.8 Å². The van der Waals surface area contributed by atoms with Crippen molar-refractivity contribution in [1.29, 1.82) is 0 Å². The molecule has 0 aliphatic heterocycles. The molecular formula is C13H25N3O3S. The molecule has 20 heavy (non-hydrogen) atoms. The van der Waals surface area contributed by atoms with Crippen molar-refractivity contribution in [3.63, 3.8) is 0 Å². The van der Waals surface area contributed by atoms with Gasteiger partial charge in [-0.25, -0.2) is 8.42 Å². The van der Waals surface area contributed by atoms with Gasteiger partial charge in [-0.1, -0.05) is 6.92 Å². The first-order valence-corrected chi connectivity index (χ1v) is 8.66. The molecule has 0 fully saturated rings. The highest BCUT2D eigenvalue weighted by atomic mass is 32.2. The van der Waals surface area contributed by atoms with Crippen molar-refractivity contribution in [3.05, 3.63) is 17.0 Å². The Morgan fingerprint density at radius 1 is 1.35 bits per heavy atom. The summed E-state index contributed by atoms with van der Waals surface area (Å²) in [4.78, 5) is 0. The maximum absolute atomic E-state index is 11.6. The lowest BCUT2D eigenvalue weighted by atomic mass is 10.2. The van der Waals surface area contributed by atoms with Crippen molar-refractivity contribution in [2.45, 2.75) is 33.9 Å². The second kappa shape index (κ2) is 7.75. The zero-order chi connectivity index (χ0) is 15.2. The van der Waals surface area contributed by atoms with Crippen LogP contribution < -0.4 is 5.32 Å². The van der Waals surface area contributed by atoms with Crippen molar-refractivity contribution >= 4 is 9.84 Å². The molecule has 116 valence electrons. The minimum Gasteiger partial charge on any atom is -0.383 e. The van der Waals surface area contributed by atoms with Gasteiger partial charge in [-0.15, -0.1) is 0 Å². The van der Waals surface area contributed by atoms with Gasteiger partial charge in [0.25, 0.3) is 0 Å². The highest BCUT2D eigenvalue weighted by Gasteiger charge is 2.13. The molecule has 0 amide bonds. The summed E-state index contributed by atoms with van der Waals surface area (Å²) in [5, 5.41) is 7.71. The maximum Gasteiger partial charge on any atom is 0.151 e. The van der Waals surface area contributed by atoms with E-state index in [1.54, 1.807) is 18.7 Å². The molecule has 0 radical (unpaired) electrons. The van der Waals surface area contributed by atoms with Crippen LogP contribution >= 0.6 is 0 Å². The van der Waals surface area contributed by atoms with E-state index in [-0.39, 0.29) is 11.5 Å². The summed E-state index contributed by atoms with van der Waals surface area (Å²) in [6.07, 6.45) is 0. The van der Waals surface area contributed by atoms with E-state index in [1.807, 2.05) is 13.8 Å². The largest absolute Gasteiger partial charge is 0.383 e. The summed E-state index contributed by atoms with van der Waals surface area (Å²) in [6, 6.07) is 0. The molecule has 0 saturated heterocycles.